The Kier molecular flexibility index (Phi) is 4.15. The topological polar surface area (TPSA) is 63.3 Å². The zero-order chi connectivity index (χ0) is 15.1. The van der Waals surface area contributed by atoms with Gasteiger partial charge in [0.15, 0.2) is 0 Å². The number of carboxylic acid groups (broad SMARTS) is 1. The second kappa shape index (κ2) is 4.88. The molecule has 1 rings (SSSR count). The molecule has 0 atom stereocenters. The maximum atomic E-state index is 11.2. The number of rotatable bonds is 4. The van der Waals surface area contributed by atoms with Gasteiger partial charge in [-0.3, -0.25) is 0 Å². The summed E-state index contributed by atoms with van der Waals surface area (Å²) in [7, 11) is -3.40. The minimum absolute atomic E-state index is 0.323. The summed E-state index contributed by atoms with van der Waals surface area (Å²) in [6, 6.07) is 7.18. The lowest BCUT2D eigenvalue weighted by Gasteiger charge is -2.49. The van der Waals surface area contributed by atoms with Gasteiger partial charge in [0.25, 0.3) is 0 Å². The third-order valence-corrected chi connectivity index (χ3v) is 13.7. The average molecular weight is 296 g/mol. The van der Waals surface area contributed by atoms with E-state index >= 15 is 0 Å². The first-order valence-electron chi connectivity index (χ1n) is 6.54. The Morgan fingerprint density at radius 2 is 1.58 bits per heavy atom. The molecule has 106 valence electrons. The van der Waals surface area contributed by atoms with Gasteiger partial charge in [-0.2, -0.15) is 0 Å². The summed E-state index contributed by atoms with van der Waals surface area (Å²) in [5.74, 6) is -0.893. The van der Waals surface area contributed by atoms with E-state index in [-0.39, 0.29) is 4.79 Å². The Morgan fingerprint density at radius 3 is 1.95 bits per heavy atom. The molecule has 0 aliphatic rings. The van der Waals surface area contributed by atoms with Gasteiger partial charge in [-0.15, -0.1) is 0 Å². The van der Waals surface area contributed by atoms with E-state index in [2.05, 4.69) is 39.3 Å². The molecular formula is C14H25NO2Si2. The third-order valence-electron chi connectivity index (χ3n) is 3.93. The molecule has 0 spiro atoms. The van der Waals surface area contributed by atoms with Crippen LogP contribution in [0.5, 0.6) is 0 Å². The molecule has 0 amide bonds. The Hall–Kier alpha value is -0.916. The molecule has 0 aliphatic carbocycles. The number of hydrogen-bond acceptors (Lipinski definition) is 2. The standard InChI is InChI=1S/C14H25NO2Si2/c1-18(2,3)14(15,19(4,5)6)12-9-7-8-11(10-12)13(16)17/h7-10H,15H2,1-6H3,(H,16,17). The van der Waals surface area contributed by atoms with Crippen LogP contribution in [-0.2, 0) is 4.79 Å². The van der Waals surface area contributed by atoms with Crippen molar-refractivity contribution in [3.63, 3.8) is 0 Å². The molecule has 1 aromatic carbocycles. The van der Waals surface area contributed by atoms with E-state index in [1.54, 1.807) is 18.2 Å². The van der Waals surface area contributed by atoms with Crippen molar-refractivity contribution in [2.24, 2.45) is 5.73 Å². The third kappa shape index (κ3) is 2.83. The normalized spacial score (nSPS) is 13.4. The van der Waals surface area contributed by atoms with E-state index in [0.29, 0.717) is 5.56 Å². The fourth-order valence-electron chi connectivity index (χ4n) is 2.89. The number of benzene rings is 1. The smallest absolute Gasteiger partial charge is 0.335 e. The first-order chi connectivity index (χ1) is 8.41. The van der Waals surface area contributed by atoms with Crippen LogP contribution in [0.1, 0.15) is 15.9 Å². The van der Waals surface area contributed by atoms with Gasteiger partial charge in [-0.25, -0.2) is 4.79 Å². The lowest BCUT2D eigenvalue weighted by atomic mass is 10.1. The molecule has 19 heavy (non-hydrogen) atoms. The average Bonchev–Trinajstić information content (AvgIpc) is 2.25. The minimum Gasteiger partial charge on any atom is -0.478 e. The first-order valence-corrected chi connectivity index (χ1v) is 13.5. The summed E-state index contributed by atoms with van der Waals surface area (Å²) in [4.78, 5) is 10.8. The van der Waals surface area contributed by atoms with E-state index in [9.17, 15) is 4.79 Å². The summed E-state index contributed by atoms with van der Waals surface area (Å²) in [5.41, 5.74) is 8.19. The molecule has 0 fully saturated rings. The van der Waals surface area contributed by atoms with Crippen LogP contribution in [0, 0.1) is 0 Å². The molecule has 0 heterocycles. The maximum absolute atomic E-state index is 11.2. The lowest BCUT2D eigenvalue weighted by Crippen LogP contribution is -2.69. The molecule has 0 bridgehead atoms. The van der Waals surface area contributed by atoms with Crippen LogP contribution in [0.15, 0.2) is 24.3 Å². The largest absolute Gasteiger partial charge is 0.478 e. The van der Waals surface area contributed by atoms with E-state index in [1.807, 2.05) is 6.07 Å². The van der Waals surface area contributed by atoms with Gasteiger partial charge in [0, 0.05) is 4.79 Å². The van der Waals surface area contributed by atoms with Crippen LogP contribution < -0.4 is 5.73 Å². The van der Waals surface area contributed by atoms with Gasteiger partial charge in [0.2, 0.25) is 0 Å². The fraction of sp³-hybridized carbons (Fsp3) is 0.500. The molecule has 0 aromatic heterocycles. The minimum atomic E-state index is -1.70. The first kappa shape index (κ1) is 16.1. The van der Waals surface area contributed by atoms with Crippen molar-refractivity contribution in [1.29, 1.82) is 0 Å². The fourth-order valence-corrected chi connectivity index (χ4v) is 13.9. The Balaban J connectivity index is 3.52. The molecule has 0 saturated carbocycles. The number of hydrogen-bond donors (Lipinski definition) is 2. The molecular weight excluding hydrogens is 270 g/mol. The van der Waals surface area contributed by atoms with Gasteiger partial charge < -0.3 is 10.8 Å². The Morgan fingerprint density at radius 1 is 1.11 bits per heavy atom. The molecule has 0 aliphatic heterocycles. The van der Waals surface area contributed by atoms with E-state index < -0.39 is 22.1 Å². The van der Waals surface area contributed by atoms with Crippen molar-refractivity contribution in [2.45, 2.75) is 44.1 Å². The summed E-state index contributed by atoms with van der Waals surface area (Å²) < 4.78 is 0. The number of aromatic carboxylic acids is 1. The summed E-state index contributed by atoms with van der Waals surface area (Å²) in [6.45, 7) is 13.6. The summed E-state index contributed by atoms with van der Waals surface area (Å²) >= 11 is 0. The van der Waals surface area contributed by atoms with Gasteiger partial charge in [0.05, 0.1) is 21.7 Å². The van der Waals surface area contributed by atoms with E-state index in [1.165, 1.54) is 0 Å². The highest BCUT2D eigenvalue weighted by Gasteiger charge is 2.50. The van der Waals surface area contributed by atoms with Crippen LogP contribution in [0.25, 0.3) is 0 Å². The van der Waals surface area contributed by atoms with Crippen LogP contribution >= 0.6 is 0 Å². The van der Waals surface area contributed by atoms with Crippen LogP contribution in [0.4, 0.5) is 0 Å². The molecule has 0 saturated heterocycles. The number of nitrogens with two attached hydrogens (primary N) is 1. The van der Waals surface area contributed by atoms with E-state index in [0.717, 1.165) is 5.56 Å². The van der Waals surface area contributed by atoms with Crippen molar-refractivity contribution in [3.05, 3.63) is 35.4 Å². The molecule has 1 aromatic rings. The molecule has 0 radical (unpaired) electrons. The van der Waals surface area contributed by atoms with Crippen LogP contribution in [0.2, 0.25) is 39.3 Å². The van der Waals surface area contributed by atoms with Crippen LogP contribution in [0.3, 0.4) is 0 Å². The van der Waals surface area contributed by atoms with Gasteiger partial charge in [0.1, 0.15) is 0 Å². The Labute approximate surface area is 117 Å². The van der Waals surface area contributed by atoms with E-state index in [4.69, 9.17) is 10.8 Å². The van der Waals surface area contributed by atoms with Gasteiger partial charge in [-0.05, 0) is 17.7 Å². The number of carboxylic acids is 1. The van der Waals surface area contributed by atoms with Gasteiger partial charge in [-0.1, -0.05) is 51.4 Å². The monoisotopic (exact) mass is 295 g/mol. The molecule has 5 heteroatoms. The highest BCUT2D eigenvalue weighted by atomic mass is 28.4. The zero-order valence-electron chi connectivity index (χ0n) is 12.7. The highest BCUT2D eigenvalue weighted by molar-refractivity contribution is 6.98. The molecule has 3 nitrogen and oxygen atoms in total. The molecule has 0 unspecified atom stereocenters. The highest BCUT2D eigenvalue weighted by Crippen LogP contribution is 2.38. The Bertz CT molecular complexity index is 473. The van der Waals surface area contributed by atoms with Crippen LogP contribution in [-0.4, -0.2) is 27.2 Å². The van der Waals surface area contributed by atoms with Crippen molar-refractivity contribution < 1.29 is 9.90 Å². The quantitative estimate of drug-likeness (QED) is 0.838. The second-order valence-corrected chi connectivity index (χ2v) is 18.3. The predicted molar refractivity (Wildman–Crippen MR) is 86.0 cm³/mol. The summed E-state index contributed by atoms with van der Waals surface area (Å²) in [5, 5.41) is 9.16. The van der Waals surface area contributed by atoms with Crippen molar-refractivity contribution in [3.8, 4) is 0 Å². The summed E-state index contributed by atoms with van der Waals surface area (Å²) in [6.07, 6.45) is 0. The maximum Gasteiger partial charge on any atom is 0.335 e. The number of carbonyl (C=O) groups is 1. The van der Waals surface area contributed by atoms with Crippen molar-refractivity contribution in [2.75, 3.05) is 0 Å². The van der Waals surface area contributed by atoms with Crippen molar-refractivity contribution in [1.82, 2.24) is 0 Å². The SMILES string of the molecule is C[Si](C)(C)C(N)(c1cccc(C(=O)O)c1)[Si](C)(C)C. The van der Waals surface area contributed by atoms with Crippen molar-refractivity contribution >= 4 is 22.1 Å². The predicted octanol–water partition coefficient (Wildman–Crippen LogP) is 3.29. The molecule has 3 N–H and O–H groups in total. The lowest BCUT2D eigenvalue weighted by molar-refractivity contribution is 0.0696. The zero-order valence-corrected chi connectivity index (χ0v) is 14.7. The van der Waals surface area contributed by atoms with Gasteiger partial charge >= 0.3 is 5.97 Å². The second-order valence-electron chi connectivity index (χ2n) is 7.19.